The first-order valence-electron chi connectivity index (χ1n) is 14.1. The summed E-state index contributed by atoms with van der Waals surface area (Å²) in [4.78, 5) is 0. The van der Waals surface area contributed by atoms with Gasteiger partial charge < -0.3 is 27.8 Å². The van der Waals surface area contributed by atoms with Crippen molar-refractivity contribution in [3.05, 3.63) is 144 Å². The van der Waals surface area contributed by atoms with Gasteiger partial charge in [0.15, 0.2) is 6.10 Å². The Morgan fingerprint density at radius 3 is 1.76 bits per heavy atom. The Morgan fingerprint density at radius 2 is 1.19 bits per heavy atom. The molecule has 0 bridgehead atoms. The molecule has 4 aromatic rings. The highest BCUT2D eigenvalue weighted by molar-refractivity contribution is 7.49. The van der Waals surface area contributed by atoms with E-state index in [1.807, 2.05) is 72.8 Å². The first-order valence-corrected chi connectivity index (χ1v) is 15.5. The molecule has 0 radical (unpaired) electrons. The van der Waals surface area contributed by atoms with E-state index in [1.165, 1.54) is 0 Å². The summed E-state index contributed by atoms with van der Waals surface area (Å²) in [7, 11) is -4.22. The molecule has 42 heavy (non-hydrogen) atoms. The molecule has 218 valence electrons. The van der Waals surface area contributed by atoms with E-state index in [4.69, 9.17) is 27.8 Å². The lowest BCUT2D eigenvalue weighted by Crippen LogP contribution is -2.36. The zero-order valence-corrected chi connectivity index (χ0v) is 24.2. The fraction of sp³-hybridized carbons (Fsp3) is 0.235. The zero-order chi connectivity index (χ0) is 28.9. The monoisotopic (exact) mass is 586 g/mol. The Hall–Kier alpha value is -4.03. The summed E-state index contributed by atoms with van der Waals surface area (Å²) in [5.74, 6) is 0.733. The molecular weight excluding hydrogens is 551 g/mol. The fourth-order valence-electron chi connectivity index (χ4n) is 4.42. The van der Waals surface area contributed by atoms with E-state index >= 15 is 0 Å². The Morgan fingerprint density at radius 1 is 0.667 bits per heavy atom. The number of phosphoric acid groups is 1. The van der Waals surface area contributed by atoms with Crippen LogP contribution in [0.4, 0.5) is 0 Å². The van der Waals surface area contributed by atoms with E-state index < -0.39 is 13.9 Å². The van der Waals surface area contributed by atoms with Crippen molar-refractivity contribution >= 4 is 7.82 Å². The van der Waals surface area contributed by atoms with Gasteiger partial charge in [0.2, 0.25) is 0 Å². The van der Waals surface area contributed by atoms with Crippen LogP contribution in [0.1, 0.15) is 30.4 Å². The maximum atomic E-state index is 14.1. The maximum Gasteiger partial charge on any atom is 0.649 e. The van der Waals surface area contributed by atoms with Crippen molar-refractivity contribution in [1.82, 2.24) is 0 Å². The van der Waals surface area contributed by atoms with Crippen LogP contribution >= 0.6 is 7.82 Å². The topological polar surface area (TPSA) is 72.5 Å². The van der Waals surface area contributed by atoms with Gasteiger partial charge in [-0.3, -0.25) is 0 Å². The standard InChI is InChI=1S/C34H35O7P/c35-42(39-30-19-9-3-10-20-30,40-31-21-11-4-12-22-31)41-34-24-14-13-23-32(37-26-29-17-7-2-8-18-29)33(38-34)27-36-25-28-15-5-1-6-16-28/h1-12,15-22,24,32-33H,13-14,23,25-27H2/b34-24+/t32-,33+/m0/s1. The molecule has 0 saturated heterocycles. The average Bonchev–Trinajstić information content (AvgIpc) is 3.01. The van der Waals surface area contributed by atoms with Gasteiger partial charge >= 0.3 is 7.82 Å². The first kappa shape index (κ1) is 29.5. The maximum absolute atomic E-state index is 14.1. The van der Waals surface area contributed by atoms with Crippen LogP contribution in [-0.4, -0.2) is 18.8 Å². The van der Waals surface area contributed by atoms with E-state index in [2.05, 4.69) is 0 Å². The number of ether oxygens (including phenoxy) is 3. The first-order chi connectivity index (χ1) is 20.7. The number of phosphoric ester groups is 1. The van der Waals surface area contributed by atoms with E-state index in [0.29, 0.717) is 31.1 Å². The van der Waals surface area contributed by atoms with Gasteiger partial charge in [-0.05, 0) is 60.7 Å². The highest BCUT2D eigenvalue weighted by Crippen LogP contribution is 2.51. The zero-order valence-electron chi connectivity index (χ0n) is 23.3. The van der Waals surface area contributed by atoms with Gasteiger partial charge in [-0.25, -0.2) is 0 Å². The van der Waals surface area contributed by atoms with Crippen LogP contribution in [0, 0.1) is 0 Å². The molecule has 8 heteroatoms. The lowest BCUT2D eigenvalue weighted by molar-refractivity contribution is -0.115. The molecule has 0 amide bonds. The van der Waals surface area contributed by atoms with Gasteiger partial charge in [0.1, 0.15) is 11.5 Å². The highest BCUT2D eigenvalue weighted by Gasteiger charge is 2.37. The Labute approximate surface area is 247 Å². The van der Waals surface area contributed by atoms with Gasteiger partial charge in [-0.2, -0.15) is 4.57 Å². The van der Waals surface area contributed by atoms with Crippen molar-refractivity contribution in [2.24, 2.45) is 0 Å². The summed E-state index contributed by atoms with van der Waals surface area (Å²) >= 11 is 0. The second-order valence-electron chi connectivity index (χ2n) is 9.79. The molecule has 0 unspecified atom stereocenters. The van der Waals surface area contributed by atoms with Gasteiger partial charge in [0, 0.05) is 0 Å². The van der Waals surface area contributed by atoms with Gasteiger partial charge in [0.05, 0.1) is 25.9 Å². The third-order valence-corrected chi connectivity index (χ3v) is 7.78. The molecular formula is C34H35O7P. The minimum atomic E-state index is -4.22. The second-order valence-corrected chi connectivity index (χ2v) is 11.2. The normalized spacial score (nSPS) is 18.4. The third-order valence-electron chi connectivity index (χ3n) is 6.51. The molecule has 0 saturated carbocycles. The van der Waals surface area contributed by atoms with Crippen molar-refractivity contribution in [3.8, 4) is 11.5 Å². The molecule has 0 fully saturated rings. The Bertz CT molecular complexity index is 1370. The fourth-order valence-corrected chi connectivity index (χ4v) is 5.63. The number of hydrogen-bond donors (Lipinski definition) is 0. The van der Waals surface area contributed by atoms with Gasteiger partial charge in [-0.1, -0.05) is 97.1 Å². The third kappa shape index (κ3) is 9.25. The van der Waals surface area contributed by atoms with Crippen molar-refractivity contribution < 1.29 is 32.3 Å². The molecule has 4 aromatic carbocycles. The molecule has 0 aromatic heterocycles. The Balaban J connectivity index is 1.34. The second kappa shape index (κ2) is 15.3. The summed E-state index contributed by atoms with van der Waals surface area (Å²) in [6.45, 7) is 1.08. The molecule has 5 rings (SSSR count). The van der Waals surface area contributed by atoms with Crippen molar-refractivity contribution in [1.29, 1.82) is 0 Å². The number of para-hydroxylation sites is 2. The predicted octanol–water partition coefficient (Wildman–Crippen LogP) is 8.48. The number of benzene rings is 4. The molecule has 0 aliphatic carbocycles. The average molecular weight is 587 g/mol. The number of allylic oxidation sites excluding steroid dienone is 1. The van der Waals surface area contributed by atoms with Crippen LogP contribution in [0.3, 0.4) is 0 Å². The molecule has 0 spiro atoms. The van der Waals surface area contributed by atoms with Crippen LogP contribution in [0.15, 0.2) is 133 Å². The number of rotatable bonds is 13. The van der Waals surface area contributed by atoms with Crippen molar-refractivity contribution in [2.45, 2.75) is 44.7 Å². The van der Waals surface area contributed by atoms with E-state index in [0.717, 1.165) is 24.0 Å². The lowest BCUT2D eigenvalue weighted by atomic mass is 10.1. The molecule has 7 nitrogen and oxygen atoms in total. The van der Waals surface area contributed by atoms with Crippen molar-refractivity contribution in [2.75, 3.05) is 6.61 Å². The van der Waals surface area contributed by atoms with Crippen molar-refractivity contribution in [3.63, 3.8) is 0 Å². The molecule has 0 N–H and O–H groups in total. The summed E-state index contributed by atoms with van der Waals surface area (Å²) in [5.41, 5.74) is 2.11. The molecule has 2 atom stereocenters. The van der Waals surface area contributed by atoms with Crippen LogP contribution in [-0.2, 0) is 36.5 Å². The summed E-state index contributed by atoms with van der Waals surface area (Å²) in [6, 6.07) is 37.5. The largest absolute Gasteiger partial charge is 0.649 e. The van der Waals surface area contributed by atoms with Gasteiger partial charge in [-0.15, -0.1) is 0 Å². The highest BCUT2D eigenvalue weighted by atomic mass is 31.2. The van der Waals surface area contributed by atoms with Gasteiger partial charge in [0.25, 0.3) is 5.95 Å². The summed E-state index contributed by atoms with van der Waals surface area (Å²) in [5, 5.41) is 0. The van der Waals surface area contributed by atoms with Crippen LogP contribution in [0.5, 0.6) is 11.5 Å². The smallest absolute Gasteiger partial charge is 0.457 e. The van der Waals surface area contributed by atoms with Crippen LogP contribution < -0.4 is 9.05 Å². The SMILES string of the molecule is O=P(O/C1=C/CCC[C@H](OCc2ccccc2)[C@@H](COCc2ccccc2)O1)(Oc1ccccc1)Oc1ccccc1. The Kier molecular flexibility index (Phi) is 10.7. The van der Waals surface area contributed by atoms with Crippen LogP contribution in [0.2, 0.25) is 0 Å². The van der Waals surface area contributed by atoms with E-state index in [1.54, 1.807) is 54.6 Å². The molecule has 1 aliphatic rings. The van der Waals surface area contributed by atoms with E-state index in [-0.39, 0.29) is 18.7 Å². The minimum absolute atomic E-state index is 0.0477. The summed E-state index contributed by atoms with van der Waals surface area (Å²) in [6.07, 6.45) is 3.15. The molecule has 1 heterocycles. The lowest BCUT2D eigenvalue weighted by Gasteiger charge is -2.31. The summed E-state index contributed by atoms with van der Waals surface area (Å²) < 4.78 is 50.5. The van der Waals surface area contributed by atoms with Crippen LogP contribution in [0.25, 0.3) is 0 Å². The minimum Gasteiger partial charge on any atom is -0.457 e. The van der Waals surface area contributed by atoms with E-state index in [9.17, 15) is 4.57 Å². The molecule has 1 aliphatic heterocycles. The number of hydrogen-bond acceptors (Lipinski definition) is 7. The predicted molar refractivity (Wildman–Crippen MR) is 161 cm³/mol. The quantitative estimate of drug-likeness (QED) is 0.146.